The molecule has 0 saturated heterocycles. The Morgan fingerprint density at radius 3 is 2.30 bits per heavy atom. The highest BCUT2D eigenvalue weighted by Crippen LogP contribution is 2.22. The highest BCUT2D eigenvalue weighted by Gasteiger charge is 2.26. The molecule has 2 rings (SSSR count). The van der Waals surface area contributed by atoms with Crippen LogP contribution in [0, 0.1) is 11.6 Å². The molecule has 0 aliphatic carbocycles. The van der Waals surface area contributed by atoms with Crippen molar-refractivity contribution in [2.75, 3.05) is 7.05 Å². The summed E-state index contributed by atoms with van der Waals surface area (Å²) in [4.78, 5) is 37.0. The van der Waals surface area contributed by atoms with Crippen LogP contribution in [-0.4, -0.2) is 30.8 Å². The molecule has 0 bridgehead atoms. The van der Waals surface area contributed by atoms with Gasteiger partial charge in [0.05, 0.1) is 8.66 Å². The van der Waals surface area contributed by atoms with Gasteiger partial charge in [-0.3, -0.25) is 14.4 Å². The minimum atomic E-state index is -1.24. The average molecular weight is 460 g/mol. The highest BCUT2D eigenvalue weighted by molar-refractivity contribution is 9.11. The number of likely N-dealkylation sites (N-methyl/N-ethyl adjacent to an activating group) is 1. The minimum Gasteiger partial charge on any atom is -0.357 e. The van der Waals surface area contributed by atoms with Crippen LogP contribution in [0.1, 0.15) is 28.2 Å². The Morgan fingerprint density at radius 1 is 1.04 bits per heavy atom. The molecule has 3 amide bonds. The van der Waals surface area contributed by atoms with Gasteiger partial charge in [0, 0.05) is 7.05 Å². The molecular weight excluding hydrogens is 444 g/mol. The molecule has 6 nitrogen and oxygen atoms in total. The predicted molar refractivity (Wildman–Crippen MR) is 100 cm³/mol. The van der Waals surface area contributed by atoms with E-state index in [4.69, 9.17) is 0 Å². The Bertz CT molecular complexity index is 875. The fraction of sp³-hybridized carbons (Fsp3) is 0.235. The van der Waals surface area contributed by atoms with E-state index in [0.717, 1.165) is 15.9 Å². The first kappa shape index (κ1) is 21.0. The van der Waals surface area contributed by atoms with Gasteiger partial charge in [0.15, 0.2) is 11.6 Å². The minimum absolute atomic E-state index is 0.0716. The Morgan fingerprint density at radius 2 is 1.74 bits per heavy atom. The number of thiophene rings is 1. The van der Waals surface area contributed by atoms with E-state index in [0.29, 0.717) is 4.88 Å². The van der Waals surface area contributed by atoms with Crippen LogP contribution in [0.15, 0.2) is 34.1 Å². The summed E-state index contributed by atoms with van der Waals surface area (Å²) < 4.78 is 27.4. The summed E-state index contributed by atoms with van der Waals surface area (Å²) in [6, 6.07) is 4.00. The summed E-state index contributed by atoms with van der Waals surface area (Å²) in [6.07, 6.45) is 0. The maximum atomic E-state index is 13.5. The number of nitrogens with one attached hydrogen (secondary N) is 3. The summed E-state index contributed by atoms with van der Waals surface area (Å²) in [5.41, 5.74) is 0.0716. The number of hydrogen-bond donors (Lipinski definition) is 3. The van der Waals surface area contributed by atoms with Crippen LogP contribution in [0.25, 0.3) is 0 Å². The largest absolute Gasteiger partial charge is 0.357 e. The van der Waals surface area contributed by atoms with Crippen molar-refractivity contribution in [1.29, 1.82) is 0 Å². The lowest BCUT2D eigenvalue weighted by Gasteiger charge is -2.21. The van der Waals surface area contributed by atoms with Crippen LogP contribution >= 0.6 is 27.3 Å². The van der Waals surface area contributed by atoms with Crippen molar-refractivity contribution in [2.45, 2.75) is 19.0 Å². The number of halogens is 3. The third-order valence-electron chi connectivity index (χ3n) is 3.61. The van der Waals surface area contributed by atoms with E-state index in [9.17, 15) is 23.2 Å². The summed E-state index contributed by atoms with van der Waals surface area (Å²) in [6.45, 7) is 1.45. The first-order valence-electron chi connectivity index (χ1n) is 7.76. The Labute approximate surface area is 166 Å². The third kappa shape index (κ3) is 5.33. The number of carbonyl (C=O) groups is 3. The fourth-order valence-corrected chi connectivity index (χ4v) is 3.46. The van der Waals surface area contributed by atoms with Crippen molar-refractivity contribution in [2.24, 2.45) is 0 Å². The van der Waals surface area contributed by atoms with E-state index in [1.165, 1.54) is 31.4 Å². The molecule has 2 unspecified atom stereocenters. The van der Waals surface area contributed by atoms with Crippen molar-refractivity contribution in [1.82, 2.24) is 16.0 Å². The monoisotopic (exact) mass is 459 g/mol. The number of carbonyl (C=O) groups excluding carboxylic acids is 3. The van der Waals surface area contributed by atoms with E-state index >= 15 is 0 Å². The standard InChI is InChI=1S/C17H16BrF2N3O3S/c1-8(22-16(25)12-5-6-13(18)27-12)15(24)23-14(17(26)21-2)9-3-4-10(19)11(20)7-9/h3-8,14H,1-2H3,(H,21,26)(H,22,25)(H,23,24). The quantitative estimate of drug-likeness (QED) is 0.620. The third-order valence-corrected chi connectivity index (χ3v) is 5.23. The molecule has 1 heterocycles. The zero-order valence-electron chi connectivity index (χ0n) is 14.3. The van der Waals surface area contributed by atoms with Crippen LogP contribution in [0.5, 0.6) is 0 Å². The van der Waals surface area contributed by atoms with Gasteiger partial charge < -0.3 is 16.0 Å². The zero-order valence-corrected chi connectivity index (χ0v) is 16.7. The number of rotatable bonds is 6. The second-order valence-electron chi connectivity index (χ2n) is 5.53. The number of benzene rings is 1. The van der Waals surface area contributed by atoms with Gasteiger partial charge in [-0.2, -0.15) is 0 Å². The van der Waals surface area contributed by atoms with Gasteiger partial charge in [-0.25, -0.2) is 8.78 Å². The van der Waals surface area contributed by atoms with Crippen molar-refractivity contribution < 1.29 is 23.2 Å². The van der Waals surface area contributed by atoms with Gasteiger partial charge in [0.25, 0.3) is 5.91 Å². The lowest BCUT2D eigenvalue weighted by Crippen LogP contribution is -2.48. The molecule has 0 aliphatic rings. The maximum absolute atomic E-state index is 13.5. The van der Waals surface area contributed by atoms with Crippen molar-refractivity contribution >= 4 is 45.0 Å². The summed E-state index contributed by atoms with van der Waals surface area (Å²) in [7, 11) is 1.35. The second kappa shape index (κ2) is 9.05. The second-order valence-corrected chi connectivity index (χ2v) is 7.99. The molecular formula is C17H16BrF2N3O3S. The van der Waals surface area contributed by atoms with Crippen molar-refractivity contribution in [3.8, 4) is 0 Å². The van der Waals surface area contributed by atoms with Crippen LogP contribution < -0.4 is 16.0 Å². The van der Waals surface area contributed by atoms with Crippen molar-refractivity contribution in [3.05, 3.63) is 56.2 Å². The van der Waals surface area contributed by atoms with Gasteiger partial charge in [0.1, 0.15) is 12.1 Å². The molecule has 1 aromatic heterocycles. The lowest BCUT2D eigenvalue weighted by atomic mass is 10.1. The average Bonchev–Trinajstić information content (AvgIpc) is 3.07. The highest BCUT2D eigenvalue weighted by atomic mass is 79.9. The SMILES string of the molecule is CNC(=O)C(NC(=O)C(C)NC(=O)c1ccc(Br)s1)c1ccc(F)c(F)c1. The topological polar surface area (TPSA) is 87.3 Å². The first-order chi connectivity index (χ1) is 12.7. The van der Waals surface area contributed by atoms with Crippen LogP contribution in [0.2, 0.25) is 0 Å². The van der Waals surface area contributed by atoms with Crippen LogP contribution in [-0.2, 0) is 9.59 Å². The van der Waals surface area contributed by atoms with Gasteiger partial charge in [-0.05, 0) is 52.7 Å². The first-order valence-corrected chi connectivity index (χ1v) is 9.37. The summed E-state index contributed by atoms with van der Waals surface area (Å²) in [5.74, 6) is -3.92. The molecule has 27 heavy (non-hydrogen) atoms. The summed E-state index contributed by atoms with van der Waals surface area (Å²) >= 11 is 4.45. The smallest absolute Gasteiger partial charge is 0.262 e. The van der Waals surface area contributed by atoms with Gasteiger partial charge >= 0.3 is 0 Å². The lowest BCUT2D eigenvalue weighted by molar-refractivity contribution is -0.129. The van der Waals surface area contributed by atoms with Gasteiger partial charge in [-0.1, -0.05) is 6.07 Å². The maximum Gasteiger partial charge on any atom is 0.262 e. The molecule has 0 aliphatic heterocycles. The Hall–Kier alpha value is -2.33. The molecule has 0 radical (unpaired) electrons. The van der Waals surface area contributed by atoms with E-state index in [2.05, 4.69) is 31.9 Å². The van der Waals surface area contributed by atoms with Gasteiger partial charge in [-0.15, -0.1) is 11.3 Å². The van der Waals surface area contributed by atoms with E-state index < -0.39 is 41.4 Å². The molecule has 1 aromatic carbocycles. The molecule has 0 saturated carbocycles. The molecule has 0 spiro atoms. The summed E-state index contributed by atoms with van der Waals surface area (Å²) in [5, 5.41) is 7.30. The van der Waals surface area contributed by atoms with Gasteiger partial charge in [0.2, 0.25) is 11.8 Å². The van der Waals surface area contributed by atoms with Crippen LogP contribution in [0.3, 0.4) is 0 Å². The molecule has 0 fully saturated rings. The van der Waals surface area contributed by atoms with E-state index in [1.807, 2.05) is 0 Å². The zero-order chi connectivity index (χ0) is 20.1. The molecule has 2 aromatic rings. The predicted octanol–water partition coefficient (Wildman–Crippen LogP) is 2.51. The van der Waals surface area contributed by atoms with Crippen LogP contribution in [0.4, 0.5) is 8.78 Å². The fourth-order valence-electron chi connectivity index (χ4n) is 2.17. The molecule has 2 atom stereocenters. The number of hydrogen-bond acceptors (Lipinski definition) is 4. The van der Waals surface area contributed by atoms with E-state index in [-0.39, 0.29) is 5.56 Å². The molecule has 144 valence electrons. The van der Waals surface area contributed by atoms with E-state index in [1.54, 1.807) is 12.1 Å². The Kier molecular flexibility index (Phi) is 7.03. The Balaban J connectivity index is 2.11. The normalized spacial score (nSPS) is 12.8. The molecule has 3 N–H and O–H groups in total. The van der Waals surface area contributed by atoms with Crippen molar-refractivity contribution in [3.63, 3.8) is 0 Å². The number of amides is 3. The molecule has 10 heteroatoms.